The molecule has 130 valence electrons. The van der Waals surface area contributed by atoms with Crippen molar-refractivity contribution in [3.8, 4) is 5.75 Å². The molecule has 1 rings (SSSR count). The van der Waals surface area contributed by atoms with E-state index in [2.05, 4.69) is 30.9 Å². The van der Waals surface area contributed by atoms with E-state index in [1.807, 2.05) is 50.1 Å². The summed E-state index contributed by atoms with van der Waals surface area (Å²) >= 11 is 0. The van der Waals surface area contributed by atoms with Gasteiger partial charge in [-0.25, -0.2) is 0 Å². The summed E-state index contributed by atoms with van der Waals surface area (Å²) in [5.41, 5.74) is 1.24. The Balaban J connectivity index is 3.12. The standard InChI is InChI=1S/C18H32N4O/c1-8-22(9-2)17(14-19-18(20(3)4)21(5)6)15-11-10-12-16(13-15)23-7/h10-13,17H,8-9,14H2,1-7H3. The fourth-order valence-electron chi connectivity index (χ4n) is 2.80. The first-order chi connectivity index (χ1) is 10.9. The molecule has 0 fully saturated rings. The topological polar surface area (TPSA) is 31.3 Å². The van der Waals surface area contributed by atoms with Gasteiger partial charge in [0.1, 0.15) is 5.75 Å². The van der Waals surface area contributed by atoms with Crippen LogP contribution in [0, 0.1) is 0 Å². The Morgan fingerprint density at radius 3 is 2.17 bits per heavy atom. The van der Waals surface area contributed by atoms with Crippen LogP contribution < -0.4 is 4.74 Å². The molecular weight excluding hydrogens is 288 g/mol. The number of hydrogen-bond donors (Lipinski definition) is 0. The van der Waals surface area contributed by atoms with Crippen LogP contribution in [0.2, 0.25) is 0 Å². The molecule has 0 saturated carbocycles. The molecule has 1 aromatic rings. The van der Waals surface area contributed by atoms with Gasteiger partial charge < -0.3 is 14.5 Å². The molecule has 0 aliphatic heterocycles. The van der Waals surface area contributed by atoms with Gasteiger partial charge in [-0.1, -0.05) is 26.0 Å². The zero-order chi connectivity index (χ0) is 17.4. The summed E-state index contributed by atoms with van der Waals surface area (Å²) in [7, 11) is 9.81. The first-order valence-electron chi connectivity index (χ1n) is 8.21. The number of ether oxygens (including phenoxy) is 1. The molecular formula is C18H32N4O. The largest absolute Gasteiger partial charge is 0.497 e. The highest BCUT2D eigenvalue weighted by Gasteiger charge is 2.19. The predicted molar refractivity (Wildman–Crippen MR) is 98.3 cm³/mol. The van der Waals surface area contributed by atoms with E-state index < -0.39 is 0 Å². The number of guanidine groups is 1. The number of rotatable bonds is 7. The molecule has 0 saturated heterocycles. The molecule has 5 heteroatoms. The summed E-state index contributed by atoms with van der Waals surface area (Å²) in [5, 5.41) is 0. The lowest BCUT2D eigenvalue weighted by Crippen LogP contribution is -2.37. The van der Waals surface area contributed by atoms with Crippen LogP contribution in [0.25, 0.3) is 0 Å². The van der Waals surface area contributed by atoms with Gasteiger partial charge in [0.2, 0.25) is 0 Å². The highest BCUT2D eigenvalue weighted by atomic mass is 16.5. The smallest absolute Gasteiger partial charge is 0.195 e. The van der Waals surface area contributed by atoms with Gasteiger partial charge in [-0.15, -0.1) is 0 Å². The zero-order valence-electron chi connectivity index (χ0n) is 15.7. The second-order valence-corrected chi connectivity index (χ2v) is 5.94. The third-order valence-corrected chi connectivity index (χ3v) is 3.94. The Kier molecular flexibility index (Phi) is 7.89. The number of hydrogen-bond acceptors (Lipinski definition) is 3. The monoisotopic (exact) mass is 320 g/mol. The van der Waals surface area contributed by atoms with E-state index >= 15 is 0 Å². The molecule has 0 spiro atoms. The number of nitrogens with zero attached hydrogens (tertiary/aromatic N) is 4. The maximum absolute atomic E-state index is 5.38. The van der Waals surface area contributed by atoms with E-state index in [0.29, 0.717) is 0 Å². The van der Waals surface area contributed by atoms with Crippen LogP contribution in [-0.2, 0) is 0 Å². The number of aliphatic imine (C=N–C) groups is 1. The van der Waals surface area contributed by atoms with Gasteiger partial charge in [-0.2, -0.15) is 0 Å². The van der Waals surface area contributed by atoms with Crippen LogP contribution in [0.4, 0.5) is 0 Å². The SMILES string of the molecule is CCN(CC)C(CN=C(N(C)C)N(C)C)c1cccc(OC)c1. The fraction of sp³-hybridized carbons (Fsp3) is 0.611. The molecule has 0 aromatic heterocycles. The van der Waals surface area contributed by atoms with E-state index in [4.69, 9.17) is 9.73 Å². The second-order valence-electron chi connectivity index (χ2n) is 5.94. The summed E-state index contributed by atoms with van der Waals surface area (Å²) in [5.74, 6) is 1.87. The summed E-state index contributed by atoms with van der Waals surface area (Å²) in [6.45, 7) is 7.10. The maximum atomic E-state index is 5.38. The normalized spacial score (nSPS) is 12.0. The highest BCUT2D eigenvalue weighted by Crippen LogP contribution is 2.24. The van der Waals surface area contributed by atoms with Crippen molar-refractivity contribution < 1.29 is 4.74 Å². The Morgan fingerprint density at radius 2 is 1.70 bits per heavy atom. The minimum absolute atomic E-state index is 0.245. The summed E-state index contributed by atoms with van der Waals surface area (Å²) in [4.78, 5) is 11.4. The van der Waals surface area contributed by atoms with Gasteiger partial charge in [0.05, 0.1) is 19.7 Å². The van der Waals surface area contributed by atoms with Gasteiger partial charge in [0.15, 0.2) is 5.96 Å². The fourth-order valence-corrected chi connectivity index (χ4v) is 2.80. The molecule has 0 aliphatic rings. The van der Waals surface area contributed by atoms with Gasteiger partial charge in [-0.3, -0.25) is 9.89 Å². The van der Waals surface area contributed by atoms with Crippen molar-refractivity contribution in [1.29, 1.82) is 0 Å². The van der Waals surface area contributed by atoms with Gasteiger partial charge in [0, 0.05) is 28.2 Å². The molecule has 0 amide bonds. The Bertz CT molecular complexity index is 486. The molecule has 0 N–H and O–H groups in total. The zero-order valence-corrected chi connectivity index (χ0v) is 15.7. The van der Waals surface area contributed by atoms with E-state index in [1.54, 1.807) is 7.11 Å². The Labute approximate surface area is 141 Å². The summed E-state index contributed by atoms with van der Waals surface area (Å²) in [6.07, 6.45) is 0. The number of likely N-dealkylation sites (N-methyl/N-ethyl adjacent to an activating group) is 1. The van der Waals surface area contributed by atoms with Crippen LogP contribution in [0.3, 0.4) is 0 Å². The van der Waals surface area contributed by atoms with Crippen molar-refractivity contribution in [2.75, 3.05) is 54.9 Å². The average Bonchev–Trinajstić information content (AvgIpc) is 2.53. The van der Waals surface area contributed by atoms with Crippen molar-refractivity contribution in [2.24, 2.45) is 4.99 Å². The van der Waals surface area contributed by atoms with Crippen molar-refractivity contribution >= 4 is 5.96 Å². The van der Waals surface area contributed by atoms with Crippen molar-refractivity contribution in [3.05, 3.63) is 29.8 Å². The lowest BCUT2D eigenvalue weighted by atomic mass is 10.0. The maximum Gasteiger partial charge on any atom is 0.195 e. The number of benzene rings is 1. The van der Waals surface area contributed by atoms with E-state index in [9.17, 15) is 0 Å². The van der Waals surface area contributed by atoms with Crippen LogP contribution in [-0.4, -0.2) is 75.6 Å². The molecule has 0 heterocycles. The molecule has 0 aliphatic carbocycles. The minimum atomic E-state index is 0.245. The highest BCUT2D eigenvalue weighted by molar-refractivity contribution is 5.79. The lowest BCUT2D eigenvalue weighted by molar-refractivity contribution is 0.223. The summed E-state index contributed by atoms with van der Waals surface area (Å²) in [6, 6.07) is 8.55. The van der Waals surface area contributed by atoms with Gasteiger partial charge in [-0.05, 0) is 30.8 Å². The molecule has 1 aromatic carbocycles. The van der Waals surface area contributed by atoms with Crippen LogP contribution in [0.5, 0.6) is 5.75 Å². The first kappa shape index (κ1) is 19.3. The second kappa shape index (κ2) is 9.40. The Morgan fingerprint density at radius 1 is 1.09 bits per heavy atom. The summed E-state index contributed by atoms with van der Waals surface area (Å²) < 4.78 is 5.38. The Hall–Kier alpha value is -1.75. The molecule has 1 unspecified atom stereocenters. The van der Waals surface area contributed by atoms with Crippen LogP contribution >= 0.6 is 0 Å². The molecule has 0 radical (unpaired) electrons. The quantitative estimate of drug-likeness (QED) is 0.571. The van der Waals surface area contributed by atoms with Crippen LogP contribution in [0.1, 0.15) is 25.5 Å². The van der Waals surface area contributed by atoms with Crippen molar-refractivity contribution in [3.63, 3.8) is 0 Å². The third-order valence-electron chi connectivity index (χ3n) is 3.94. The third kappa shape index (κ3) is 5.43. The number of methoxy groups -OCH3 is 1. The van der Waals surface area contributed by atoms with E-state index in [0.717, 1.165) is 31.3 Å². The molecule has 0 bridgehead atoms. The molecule has 1 atom stereocenters. The lowest BCUT2D eigenvalue weighted by Gasteiger charge is -2.30. The van der Waals surface area contributed by atoms with E-state index in [-0.39, 0.29) is 6.04 Å². The first-order valence-corrected chi connectivity index (χ1v) is 8.21. The minimum Gasteiger partial charge on any atom is -0.497 e. The van der Waals surface area contributed by atoms with E-state index in [1.165, 1.54) is 5.56 Å². The molecule has 5 nitrogen and oxygen atoms in total. The average molecular weight is 320 g/mol. The van der Waals surface area contributed by atoms with Gasteiger partial charge in [0.25, 0.3) is 0 Å². The van der Waals surface area contributed by atoms with Crippen LogP contribution in [0.15, 0.2) is 29.3 Å². The van der Waals surface area contributed by atoms with Gasteiger partial charge >= 0.3 is 0 Å². The predicted octanol–water partition coefficient (Wildman–Crippen LogP) is 2.56. The van der Waals surface area contributed by atoms with Crippen molar-refractivity contribution in [2.45, 2.75) is 19.9 Å². The van der Waals surface area contributed by atoms with Crippen molar-refractivity contribution in [1.82, 2.24) is 14.7 Å². The molecule has 23 heavy (non-hydrogen) atoms.